The van der Waals surface area contributed by atoms with E-state index in [0.29, 0.717) is 43.4 Å². The molecule has 7 nitrogen and oxygen atoms in total. The number of hydrogen-bond donors (Lipinski definition) is 1. The molecular weight excluding hydrogens is 422 g/mol. The fourth-order valence-electron chi connectivity index (χ4n) is 3.40. The maximum absolute atomic E-state index is 12.5. The van der Waals surface area contributed by atoms with Crippen LogP contribution in [0.3, 0.4) is 0 Å². The van der Waals surface area contributed by atoms with Crippen molar-refractivity contribution in [1.82, 2.24) is 5.32 Å². The van der Waals surface area contributed by atoms with E-state index in [-0.39, 0.29) is 18.1 Å². The number of carbonyl (C=O) groups is 2. The number of esters is 1. The quantitative estimate of drug-likeness (QED) is 0.441. The van der Waals surface area contributed by atoms with Crippen LogP contribution in [0.4, 0.5) is 0 Å². The van der Waals surface area contributed by atoms with Gasteiger partial charge in [0.25, 0.3) is 5.91 Å². The van der Waals surface area contributed by atoms with Gasteiger partial charge in [-0.3, -0.25) is 4.79 Å². The van der Waals surface area contributed by atoms with Crippen LogP contribution in [0.2, 0.25) is 0 Å². The summed E-state index contributed by atoms with van der Waals surface area (Å²) in [7, 11) is 1.49. The Morgan fingerprint density at radius 1 is 0.848 bits per heavy atom. The topological polar surface area (TPSA) is 83.1 Å². The summed E-state index contributed by atoms with van der Waals surface area (Å²) in [6.07, 6.45) is 0.602. The van der Waals surface area contributed by atoms with E-state index < -0.39 is 5.97 Å². The van der Waals surface area contributed by atoms with Gasteiger partial charge >= 0.3 is 5.97 Å². The molecule has 3 aromatic rings. The first-order chi connectivity index (χ1) is 16.0. The van der Waals surface area contributed by atoms with Crippen molar-refractivity contribution >= 4 is 22.6 Å². The average molecular weight is 452 g/mol. The fraction of sp³-hybridized carbons (Fsp3) is 0.308. The number of benzene rings is 3. The van der Waals surface area contributed by atoms with Crippen LogP contribution in [0.1, 0.15) is 29.8 Å². The van der Waals surface area contributed by atoms with Crippen LogP contribution in [0.5, 0.6) is 17.2 Å². The molecule has 0 atom stereocenters. The lowest BCUT2D eigenvalue weighted by atomic mass is 10.1. The van der Waals surface area contributed by atoms with Gasteiger partial charge in [-0.1, -0.05) is 30.3 Å². The Kier molecular flexibility index (Phi) is 8.52. The van der Waals surface area contributed by atoms with Crippen LogP contribution < -0.4 is 19.5 Å². The number of methoxy groups -OCH3 is 1. The van der Waals surface area contributed by atoms with Gasteiger partial charge in [0.1, 0.15) is 11.3 Å². The van der Waals surface area contributed by atoms with E-state index in [4.69, 9.17) is 18.9 Å². The van der Waals surface area contributed by atoms with Crippen LogP contribution in [-0.4, -0.2) is 45.4 Å². The Balaban J connectivity index is 1.52. The lowest BCUT2D eigenvalue weighted by molar-refractivity contribution is -0.124. The van der Waals surface area contributed by atoms with E-state index in [0.717, 1.165) is 16.3 Å². The highest BCUT2D eigenvalue weighted by molar-refractivity contribution is 5.99. The Hall–Kier alpha value is -3.74. The summed E-state index contributed by atoms with van der Waals surface area (Å²) in [5.41, 5.74) is 1.28. The van der Waals surface area contributed by atoms with Crippen molar-refractivity contribution in [2.45, 2.75) is 20.3 Å². The molecule has 0 fully saturated rings. The van der Waals surface area contributed by atoms with Gasteiger partial charge < -0.3 is 24.3 Å². The third-order valence-electron chi connectivity index (χ3n) is 4.97. The fourth-order valence-corrected chi connectivity index (χ4v) is 3.40. The molecule has 0 aliphatic carbocycles. The summed E-state index contributed by atoms with van der Waals surface area (Å²) < 4.78 is 21.7. The van der Waals surface area contributed by atoms with E-state index in [1.807, 2.05) is 56.3 Å². The first kappa shape index (κ1) is 23.9. The molecule has 1 N–H and O–H groups in total. The molecule has 0 spiro atoms. The second-order valence-corrected chi connectivity index (χ2v) is 7.22. The summed E-state index contributed by atoms with van der Waals surface area (Å²) in [5.74, 6) is 0.795. The molecule has 0 saturated carbocycles. The molecule has 0 saturated heterocycles. The predicted octanol–water partition coefficient (Wildman–Crippen LogP) is 4.16. The zero-order chi connectivity index (χ0) is 23.6. The van der Waals surface area contributed by atoms with Gasteiger partial charge in [-0.05, 0) is 60.9 Å². The third kappa shape index (κ3) is 6.38. The summed E-state index contributed by atoms with van der Waals surface area (Å²) in [6, 6.07) is 16.8. The number of hydrogen-bond acceptors (Lipinski definition) is 6. The number of fused-ring (bicyclic) bond motifs is 1. The van der Waals surface area contributed by atoms with Gasteiger partial charge in [-0.2, -0.15) is 0 Å². The second-order valence-electron chi connectivity index (χ2n) is 7.22. The maximum Gasteiger partial charge on any atom is 0.342 e. The Morgan fingerprint density at radius 2 is 1.55 bits per heavy atom. The lowest BCUT2D eigenvalue weighted by Gasteiger charge is -2.13. The van der Waals surface area contributed by atoms with Crippen molar-refractivity contribution in [3.8, 4) is 17.2 Å². The van der Waals surface area contributed by atoms with Crippen molar-refractivity contribution in [2.24, 2.45) is 0 Å². The first-order valence-corrected chi connectivity index (χ1v) is 10.9. The Bertz CT molecular complexity index is 1110. The minimum absolute atomic E-state index is 0.279. The number of carbonyl (C=O) groups excluding carboxylic acids is 2. The van der Waals surface area contributed by atoms with Crippen LogP contribution in [0.25, 0.3) is 10.8 Å². The number of nitrogens with one attached hydrogen (secondary N) is 1. The average Bonchev–Trinajstić information content (AvgIpc) is 2.83. The van der Waals surface area contributed by atoms with Crippen LogP contribution in [-0.2, 0) is 16.0 Å². The van der Waals surface area contributed by atoms with Crippen molar-refractivity contribution < 1.29 is 28.5 Å². The van der Waals surface area contributed by atoms with Gasteiger partial charge in [0.15, 0.2) is 18.1 Å². The van der Waals surface area contributed by atoms with E-state index in [9.17, 15) is 9.59 Å². The first-order valence-electron chi connectivity index (χ1n) is 10.9. The predicted molar refractivity (Wildman–Crippen MR) is 126 cm³/mol. The van der Waals surface area contributed by atoms with Crippen molar-refractivity contribution in [2.75, 3.05) is 33.5 Å². The molecule has 7 heteroatoms. The molecule has 1 amide bonds. The summed E-state index contributed by atoms with van der Waals surface area (Å²) >= 11 is 0. The summed E-state index contributed by atoms with van der Waals surface area (Å²) in [5, 5.41) is 4.60. The van der Waals surface area contributed by atoms with E-state index >= 15 is 0 Å². The van der Waals surface area contributed by atoms with Crippen molar-refractivity contribution in [1.29, 1.82) is 0 Å². The van der Waals surface area contributed by atoms with Gasteiger partial charge in [-0.25, -0.2) is 4.79 Å². The SMILES string of the molecule is CCOc1ccc(CCNC(=O)COC(=O)c2cc3ccccc3cc2OC)cc1OCC. The van der Waals surface area contributed by atoms with Crippen molar-refractivity contribution in [3.05, 3.63) is 65.7 Å². The third-order valence-corrected chi connectivity index (χ3v) is 4.97. The highest BCUT2D eigenvalue weighted by Gasteiger charge is 2.16. The highest BCUT2D eigenvalue weighted by Crippen LogP contribution is 2.29. The van der Waals surface area contributed by atoms with Crippen LogP contribution in [0, 0.1) is 0 Å². The van der Waals surface area contributed by atoms with Gasteiger partial charge in [0, 0.05) is 6.54 Å². The monoisotopic (exact) mass is 451 g/mol. The second kappa shape index (κ2) is 11.8. The van der Waals surface area contributed by atoms with Gasteiger partial charge in [0.2, 0.25) is 0 Å². The van der Waals surface area contributed by atoms with E-state index in [2.05, 4.69) is 5.32 Å². The van der Waals surface area contributed by atoms with Gasteiger partial charge in [0.05, 0.1) is 20.3 Å². The van der Waals surface area contributed by atoms with E-state index in [1.54, 1.807) is 12.1 Å². The molecule has 3 aromatic carbocycles. The summed E-state index contributed by atoms with van der Waals surface area (Å²) in [6.45, 7) is 4.95. The smallest absolute Gasteiger partial charge is 0.342 e. The minimum Gasteiger partial charge on any atom is -0.496 e. The maximum atomic E-state index is 12.5. The molecule has 0 unspecified atom stereocenters. The zero-order valence-corrected chi connectivity index (χ0v) is 19.2. The summed E-state index contributed by atoms with van der Waals surface area (Å²) in [4.78, 5) is 24.7. The standard InChI is InChI=1S/C26H29NO6/c1-4-31-22-11-10-18(14-24(22)32-5-2)12-13-27-25(28)17-33-26(29)21-15-19-8-6-7-9-20(19)16-23(21)30-3/h6-11,14-16H,4-5,12-13,17H2,1-3H3,(H,27,28). The molecule has 174 valence electrons. The van der Waals surface area contributed by atoms with E-state index in [1.165, 1.54) is 7.11 Å². The number of amides is 1. The number of ether oxygens (including phenoxy) is 4. The molecule has 0 aliphatic heterocycles. The molecule has 0 heterocycles. The largest absolute Gasteiger partial charge is 0.496 e. The Labute approximate surface area is 193 Å². The molecular formula is C26H29NO6. The minimum atomic E-state index is -0.611. The normalized spacial score (nSPS) is 10.5. The molecule has 33 heavy (non-hydrogen) atoms. The molecule has 0 bridgehead atoms. The van der Waals surface area contributed by atoms with Gasteiger partial charge in [-0.15, -0.1) is 0 Å². The zero-order valence-electron chi connectivity index (χ0n) is 19.2. The highest BCUT2D eigenvalue weighted by atomic mass is 16.5. The molecule has 0 aromatic heterocycles. The van der Waals surface area contributed by atoms with Crippen molar-refractivity contribution in [3.63, 3.8) is 0 Å². The Morgan fingerprint density at radius 3 is 2.24 bits per heavy atom. The number of rotatable bonds is 11. The van der Waals surface area contributed by atoms with Crippen LogP contribution in [0.15, 0.2) is 54.6 Å². The molecule has 0 radical (unpaired) electrons. The van der Waals surface area contributed by atoms with Crippen LogP contribution >= 0.6 is 0 Å². The molecule has 3 rings (SSSR count). The molecule has 0 aliphatic rings. The lowest BCUT2D eigenvalue weighted by Crippen LogP contribution is -2.30.